The largest absolute Gasteiger partial charge is 0.366 e. The molecular formula is C11H16ClN3O2S. The van der Waals surface area contributed by atoms with Crippen molar-refractivity contribution in [3.05, 3.63) is 17.0 Å². The zero-order chi connectivity index (χ0) is 13.3. The van der Waals surface area contributed by atoms with Crippen molar-refractivity contribution >= 4 is 27.3 Å². The molecule has 1 atom stereocenters. The summed E-state index contributed by atoms with van der Waals surface area (Å²) in [6.45, 7) is 4.00. The summed E-state index contributed by atoms with van der Waals surface area (Å²) in [7, 11) is -2.90. The Balaban J connectivity index is 2.22. The van der Waals surface area contributed by atoms with Gasteiger partial charge in [-0.15, -0.1) is 0 Å². The first-order chi connectivity index (χ1) is 8.39. The average Bonchev–Trinajstić information content (AvgIpc) is 2.57. The Labute approximate surface area is 112 Å². The van der Waals surface area contributed by atoms with E-state index in [1.807, 2.05) is 13.8 Å². The second kappa shape index (κ2) is 5.01. The van der Waals surface area contributed by atoms with Gasteiger partial charge in [-0.05, 0) is 12.3 Å². The number of anilines is 1. The number of nitrogens with one attached hydrogen (secondary N) is 1. The Bertz CT molecular complexity index is 545. The van der Waals surface area contributed by atoms with Crippen molar-refractivity contribution in [2.45, 2.75) is 32.2 Å². The fraction of sp³-hybridized carbons (Fsp3) is 0.636. The lowest BCUT2D eigenvalue weighted by atomic mass is 10.1. The predicted octanol–water partition coefficient (Wildman–Crippen LogP) is 1.85. The van der Waals surface area contributed by atoms with Crippen molar-refractivity contribution in [3.63, 3.8) is 0 Å². The highest BCUT2D eigenvalue weighted by Gasteiger charge is 2.29. The summed E-state index contributed by atoms with van der Waals surface area (Å²) in [5, 5.41) is 3.59. The molecule has 1 N–H and O–H groups in total. The smallest absolute Gasteiger partial charge is 0.152 e. The SMILES string of the molecule is CC(C)c1c(Cl)ncnc1NC1CCS(=O)(=O)C1. The van der Waals surface area contributed by atoms with E-state index in [0.717, 1.165) is 5.56 Å². The fourth-order valence-corrected chi connectivity index (χ4v) is 4.13. The van der Waals surface area contributed by atoms with Crippen molar-refractivity contribution < 1.29 is 8.42 Å². The quantitative estimate of drug-likeness (QED) is 0.860. The van der Waals surface area contributed by atoms with Crippen LogP contribution in [0.15, 0.2) is 6.33 Å². The predicted molar refractivity (Wildman–Crippen MR) is 71.8 cm³/mol. The Morgan fingerprint density at radius 1 is 1.44 bits per heavy atom. The van der Waals surface area contributed by atoms with Crippen molar-refractivity contribution in [1.29, 1.82) is 0 Å². The van der Waals surface area contributed by atoms with Gasteiger partial charge in [-0.1, -0.05) is 25.4 Å². The van der Waals surface area contributed by atoms with Gasteiger partial charge in [0.05, 0.1) is 11.5 Å². The van der Waals surface area contributed by atoms with Crippen molar-refractivity contribution in [1.82, 2.24) is 9.97 Å². The third kappa shape index (κ3) is 2.92. The summed E-state index contributed by atoms with van der Waals surface area (Å²) >= 11 is 6.06. The number of halogens is 1. The number of sulfone groups is 1. The van der Waals surface area contributed by atoms with Gasteiger partial charge in [0.2, 0.25) is 0 Å². The monoisotopic (exact) mass is 289 g/mol. The third-order valence-electron chi connectivity index (χ3n) is 2.99. The van der Waals surface area contributed by atoms with Crippen LogP contribution in [0.2, 0.25) is 5.15 Å². The van der Waals surface area contributed by atoms with Gasteiger partial charge in [0, 0.05) is 11.6 Å². The first-order valence-corrected chi connectivity index (χ1v) is 8.06. The highest BCUT2D eigenvalue weighted by molar-refractivity contribution is 7.91. The molecule has 7 heteroatoms. The van der Waals surface area contributed by atoms with Crippen LogP contribution in [0.1, 0.15) is 31.7 Å². The summed E-state index contributed by atoms with van der Waals surface area (Å²) in [5.74, 6) is 1.22. The van der Waals surface area contributed by atoms with Crippen LogP contribution in [0.3, 0.4) is 0 Å². The number of nitrogens with zero attached hydrogens (tertiary/aromatic N) is 2. The standard InChI is InChI=1S/C11H16ClN3O2S/c1-7(2)9-10(12)13-6-14-11(9)15-8-3-4-18(16,17)5-8/h6-8H,3-5H2,1-2H3,(H,13,14,15). The molecule has 0 saturated carbocycles. The molecule has 1 aliphatic rings. The lowest BCUT2D eigenvalue weighted by molar-refractivity contribution is 0.602. The Hall–Kier alpha value is -0.880. The number of hydrogen-bond acceptors (Lipinski definition) is 5. The normalized spacial score (nSPS) is 22.3. The van der Waals surface area contributed by atoms with E-state index >= 15 is 0 Å². The minimum absolute atomic E-state index is 0.0848. The molecule has 1 fully saturated rings. The van der Waals surface area contributed by atoms with Gasteiger partial charge >= 0.3 is 0 Å². The molecule has 0 bridgehead atoms. The van der Waals surface area contributed by atoms with Crippen LogP contribution in [0.5, 0.6) is 0 Å². The molecular weight excluding hydrogens is 274 g/mol. The molecule has 0 aromatic carbocycles. The van der Waals surface area contributed by atoms with Gasteiger partial charge in [0.1, 0.15) is 17.3 Å². The van der Waals surface area contributed by atoms with E-state index in [4.69, 9.17) is 11.6 Å². The topological polar surface area (TPSA) is 72.0 Å². The molecule has 100 valence electrons. The zero-order valence-electron chi connectivity index (χ0n) is 10.4. The maximum Gasteiger partial charge on any atom is 0.152 e. The molecule has 2 heterocycles. The summed E-state index contributed by atoms with van der Waals surface area (Å²) in [5.41, 5.74) is 0.837. The van der Waals surface area contributed by atoms with E-state index in [2.05, 4.69) is 15.3 Å². The molecule has 2 rings (SSSR count). The van der Waals surface area contributed by atoms with Crippen molar-refractivity contribution in [2.75, 3.05) is 16.8 Å². The molecule has 0 spiro atoms. The van der Waals surface area contributed by atoms with Gasteiger partial charge in [-0.3, -0.25) is 0 Å². The van der Waals surface area contributed by atoms with Gasteiger partial charge < -0.3 is 5.32 Å². The molecule has 1 saturated heterocycles. The first-order valence-electron chi connectivity index (χ1n) is 5.86. The Morgan fingerprint density at radius 2 is 2.17 bits per heavy atom. The third-order valence-corrected chi connectivity index (χ3v) is 5.06. The minimum atomic E-state index is -2.90. The summed E-state index contributed by atoms with van der Waals surface area (Å²) in [6.07, 6.45) is 2.00. The van der Waals surface area contributed by atoms with E-state index in [0.29, 0.717) is 17.4 Å². The average molecular weight is 290 g/mol. The van der Waals surface area contributed by atoms with Crippen molar-refractivity contribution in [2.24, 2.45) is 0 Å². The van der Waals surface area contributed by atoms with Crippen LogP contribution >= 0.6 is 11.6 Å². The number of aromatic nitrogens is 2. The van der Waals surface area contributed by atoms with Crippen LogP contribution in [-0.2, 0) is 9.84 Å². The van der Waals surface area contributed by atoms with Crippen LogP contribution < -0.4 is 5.32 Å². The fourth-order valence-electron chi connectivity index (χ4n) is 2.10. The van der Waals surface area contributed by atoms with Crippen LogP contribution in [-0.4, -0.2) is 35.9 Å². The lowest BCUT2D eigenvalue weighted by Gasteiger charge is -2.17. The van der Waals surface area contributed by atoms with E-state index in [9.17, 15) is 8.42 Å². The minimum Gasteiger partial charge on any atom is -0.366 e. The van der Waals surface area contributed by atoms with Crippen LogP contribution in [0, 0.1) is 0 Å². The Kier molecular flexibility index (Phi) is 3.77. The first kappa shape index (κ1) is 13.5. The highest BCUT2D eigenvalue weighted by Crippen LogP contribution is 2.29. The second-order valence-corrected chi connectivity index (χ2v) is 7.41. The maximum absolute atomic E-state index is 11.4. The van der Waals surface area contributed by atoms with Gasteiger partial charge in [-0.2, -0.15) is 0 Å². The summed E-state index contributed by atoms with van der Waals surface area (Å²) in [4.78, 5) is 8.13. The van der Waals surface area contributed by atoms with E-state index in [1.165, 1.54) is 6.33 Å². The van der Waals surface area contributed by atoms with Gasteiger partial charge in [0.25, 0.3) is 0 Å². The highest BCUT2D eigenvalue weighted by atomic mass is 35.5. The van der Waals surface area contributed by atoms with Gasteiger partial charge in [-0.25, -0.2) is 18.4 Å². The summed E-state index contributed by atoms with van der Waals surface area (Å²) in [6, 6.07) is -0.0848. The van der Waals surface area contributed by atoms with E-state index in [1.54, 1.807) is 0 Å². The molecule has 1 aliphatic heterocycles. The molecule has 5 nitrogen and oxygen atoms in total. The second-order valence-electron chi connectivity index (χ2n) is 4.83. The molecule has 0 radical (unpaired) electrons. The molecule has 18 heavy (non-hydrogen) atoms. The van der Waals surface area contributed by atoms with Crippen LogP contribution in [0.4, 0.5) is 5.82 Å². The van der Waals surface area contributed by atoms with E-state index in [-0.39, 0.29) is 23.5 Å². The molecule has 1 aromatic rings. The lowest BCUT2D eigenvalue weighted by Crippen LogP contribution is -2.22. The molecule has 0 amide bonds. The summed E-state index contributed by atoms with van der Waals surface area (Å²) < 4.78 is 22.8. The van der Waals surface area contributed by atoms with Gasteiger partial charge in [0.15, 0.2) is 9.84 Å². The molecule has 1 aromatic heterocycles. The van der Waals surface area contributed by atoms with Crippen molar-refractivity contribution in [3.8, 4) is 0 Å². The maximum atomic E-state index is 11.4. The molecule has 1 unspecified atom stereocenters. The number of rotatable bonds is 3. The van der Waals surface area contributed by atoms with Crippen LogP contribution in [0.25, 0.3) is 0 Å². The zero-order valence-corrected chi connectivity index (χ0v) is 11.9. The Morgan fingerprint density at radius 3 is 2.72 bits per heavy atom. The molecule has 0 aliphatic carbocycles. The number of hydrogen-bond donors (Lipinski definition) is 1. The van der Waals surface area contributed by atoms with E-state index < -0.39 is 9.84 Å².